The van der Waals surface area contributed by atoms with Gasteiger partial charge in [0.1, 0.15) is 0 Å². The molecular weight excluding hydrogens is 178 g/mol. The van der Waals surface area contributed by atoms with Gasteiger partial charge in [-0.3, -0.25) is 0 Å². The molecule has 78 valence electrons. The van der Waals surface area contributed by atoms with Crippen LogP contribution in [0, 0.1) is 0 Å². The van der Waals surface area contributed by atoms with Crippen molar-refractivity contribution >= 4 is 17.2 Å². The normalized spacial score (nSPS) is 6.54. The quantitative estimate of drug-likeness (QED) is 0.515. The van der Waals surface area contributed by atoms with E-state index < -0.39 is 0 Å². The molecule has 0 aliphatic heterocycles. The van der Waals surface area contributed by atoms with Gasteiger partial charge in [-0.05, 0) is 20.8 Å². The van der Waals surface area contributed by atoms with E-state index in [4.69, 9.17) is 5.73 Å². The van der Waals surface area contributed by atoms with Crippen LogP contribution in [-0.2, 0) is 0 Å². The second-order valence-electron chi connectivity index (χ2n) is 2.80. The van der Waals surface area contributed by atoms with Crippen LogP contribution >= 0.6 is 12.2 Å². The van der Waals surface area contributed by atoms with Gasteiger partial charge in [0, 0.05) is 0 Å². The van der Waals surface area contributed by atoms with E-state index in [0.717, 1.165) is 0 Å². The molecule has 0 spiro atoms. The molecule has 0 aliphatic carbocycles. The van der Waals surface area contributed by atoms with Crippen LogP contribution < -0.4 is 5.73 Å². The van der Waals surface area contributed by atoms with E-state index in [1.54, 1.807) is 13.0 Å². The number of nitrogens with two attached hydrogens (primary N) is 1. The van der Waals surface area contributed by atoms with E-state index in [0.29, 0.717) is 4.99 Å². The predicted molar refractivity (Wildman–Crippen MR) is 68.1 cm³/mol. The predicted octanol–water partition coefficient (Wildman–Crippen LogP) is 3.85. The lowest BCUT2D eigenvalue weighted by atomic mass is 10.3. The van der Waals surface area contributed by atoms with Crippen LogP contribution in [-0.4, -0.2) is 4.99 Å². The molecule has 1 nitrogen and oxygen atoms in total. The summed E-state index contributed by atoms with van der Waals surface area (Å²) < 4.78 is 0. The molecule has 0 unspecified atom stereocenters. The lowest BCUT2D eigenvalue weighted by molar-refractivity contribution is 1.09. The van der Waals surface area contributed by atoms with E-state index in [1.807, 2.05) is 19.9 Å². The lowest BCUT2D eigenvalue weighted by Gasteiger charge is -1.76. The zero-order chi connectivity index (χ0) is 11.3. The first-order valence-corrected chi connectivity index (χ1v) is 4.85. The molecule has 0 aromatic rings. The van der Waals surface area contributed by atoms with Crippen molar-refractivity contribution in [2.75, 3.05) is 0 Å². The fraction of sp³-hybridized carbons (Fsp3) is 0.545. The standard InChI is InChI=1S/C6H10.C3H8.C2H5NS/c1-4-5-6(2)3;1-3-2;1-2(3)4/h4-5H,1H2,2-3H3;3H2,1-2H3;1H3,(H2,3,4). The highest BCUT2D eigenvalue weighted by Gasteiger charge is 1.63. The van der Waals surface area contributed by atoms with Crippen LogP contribution in [0.1, 0.15) is 41.0 Å². The monoisotopic (exact) mass is 201 g/mol. The van der Waals surface area contributed by atoms with Crippen LogP contribution in [0.3, 0.4) is 0 Å². The van der Waals surface area contributed by atoms with Crippen molar-refractivity contribution in [3.63, 3.8) is 0 Å². The molecule has 0 atom stereocenters. The minimum Gasteiger partial charge on any atom is -0.394 e. The smallest absolute Gasteiger partial charge is 0.0695 e. The highest BCUT2D eigenvalue weighted by atomic mass is 32.1. The Bertz CT molecular complexity index is 140. The Morgan fingerprint density at radius 2 is 1.54 bits per heavy atom. The second kappa shape index (κ2) is 17.5. The van der Waals surface area contributed by atoms with Crippen LogP contribution in [0.2, 0.25) is 0 Å². The molecule has 0 aromatic heterocycles. The Kier molecular flexibility index (Phi) is 24.5. The maximum Gasteiger partial charge on any atom is 0.0695 e. The molecule has 0 radical (unpaired) electrons. The highest BCUT2D eigenvalue weighted by molar-refractivity contribution is 7.80. The number of thiocarbonyl (C=S) groups is 1. The van der Waals surface area contributed by atoms with Crippen LogP contribution in [0.4, 0.5) is 0 Å². The Labute approximate surface area is 88.7 Å². The van der Waals surface area contributed by atoms with Gasteiger partial charge in [0.25, 0.3) is 0 Å². The average molecular weight is 201 g/mol. The fourth-order valence-corrected chi connectivity index (χ4v) is 0.236. The van der Waals surface area contributed by atoms with Crippen LogP contribution in [0.25, 0.3) is 0 Å². The minimum atomic E-state index is 0.500. The topological polar surface area (TPSA) is 26.0 Å². The van der Waals surface area contributed by atoms with E-state index >= 15 is 0 Å². The summed E-state index contributed by atoms with van der Waals surface area (Å²) in [5.41, 5.74) is 6.14. The molecule has 0 saturated heterocycles. The molecule has 0 heterocycles. The summed E-state index contributed by atoms with van der Waals surface area (Å²) in [6.45, 7) is 13.5. The summed E-state index contributed by atoms with van der Waals surface area (Å²) in [7, 11) is 0. The number of hydrogen-bond acceptors (Lipinski definition) is 1. The van der Waals surface area contributed by atoms with Crippen molar-refractivity contribution in [3.05, 3.63) is 24.3 Å². The largest absolute Gasteiger partial charge is 0.394 e. The zero-order valence-electron chi connectivity index (χ0n) is 9.55. The van der Waals surface area contributed by atoms with Gasteiger partial charge in [0.15, 0.2) is 0 Å². The Balaban J connectivity index is -0.000000125. The van der Waals surface area contributed by atoms with Gasteiger partial charge >= 0.3 is 0 Å². The summed E-state index contributed by atoms with van der Waals surface area (Å²) in [4.78, 5) is 0.500. The molecular formula is C11H23NS. The summed E-state index contributed by atoms with van der Waals surface area (Å²) >= 11 is 4.31. The molecule has 0 rings (SSSR count). The number of rotatable bonds is 1. The minimum absolute atomic E-state index is 0.500. The van der Waals surface area contributed by atoms with Gasteiger partial charge < -0.3 is 5.73 Å². The SMILES string of the molecule is C=CC=C(C)C.CC(N)=S.CCC. The molecule has 0 bridgehead atoms. The maximum atomic E-state index is 4.84. The lowest BCUT2D eigenvalue weighted by Crippen LogP contribution is -1.98. The van der Waals surface area contributed by atoms with Crippen LogP contribution in [0.15, 0.2) is 24.3 Å². The number of allylic oxidation sites excluding steroid dienone is 3. The molecule has 2 heteroatoms. The molecule has 0 saturated carbocycles. The molecule has 0 amide bonds. The molecule has 0 aromatic carbocycles. The average Bonchev–Trinajstić information content (AvgIpc) is 1.86. The first-order chi connectivity index (χ1) is 5.92. The number of hydrogen-bond donors (Lipinski definition) is 1. The van der Waals surface area contributed by atoms with Crippen molar-refractivity contribution in [2.24, 2.45) is 5.73 Å². The Morgan fingerprint density at radius 1 is 1.31 bits per heavy atom. The van der Waals surface area contributed by atoms with Gasteiger partial charge in [0.05, 0.1) is 4.99 Å². The van der Waals surface area contributed by atoms with Crippen molar-refractivity contribution < 1.29 is 0 Å². The van der Waals surface area contributed by atoms with E-state index in [9.17, 15) is 0 Å². The third kappa shape index (κ3) is 178. The summed E-state index contributed by atoms with van der Waals surface area (Å²) in [6, 6.07) is 0. The first-order valence-electron chi connectivity index (χ1n) is 4.44. The van der Waals surface area contributed by atoms with Gasteiger partial charge in [-0.15, -0.1) is 0 Å². The van der Waals surface area contributed by atoms with Gasteiger partial charge in [0.2, 0.25) is 0 Å². The molecule has 13 heavy (non-hydrogen) atoms. The summed E-state index contributed by atoms with van der Waals surface area (Å²) in [6.07, 6.45) is 5.01. The van der Waals surface area contributed by atoms with E-state index in [2.05, 4.69) is 32.6 Å². The van der Waals surface area contributed by atoms with Crippen LogP contribution in [0.5, 0.6) is 0 Å². The highest BCUT2D eigenvalue weighted by Crippen LogP contribution is 1.85. The van der Waals surface area contributed by atoms with Gasteiger partial charge in [-0.1, -0.05) is 56.8 Å². The fourth-order valence-electron chi connectivity index (χ4n) is 0.236. The summed E-state index contributed by atoms with van der Waals surface area (Å²) in [5, 5.41) is 0. The van der Waals surface area contributed by atoms with Crippen molar-refractivity contribution in [2.45, 2.75) is 41.0 Å². The molecule has 0 fully saturated rings. The van der Waals surface area contributed by atoms with Crippen molar-refractivity contribution in [1.82, 2.24) is 0 Å². The molecule has 2 N–H and O–H groups in total. The first kappa shape index (κ1) is 18.2. The van der Waals surface area contributed by atoms with Crippen molar-refractivity contribution in [1.29, 1.82) is 0 Å². The Hall–Kier alpha value is -0.630. The van der Waals surface area contributed by atoms with E-state index in [1.165, 1.54) is 12.0 Å². The third-order valence-electron chi connectivity index (χ3n) is 0.451. The summed E-state index contributed by atoms with van der Waals surface area (Å²) in [5.74, 6) is 0. The van der Waals surface area contributed by atoms with E-state index in [-0.39, 0.29) is 0 Å². The van der Waals surface area contributed by atoms with Gasteiger partial charge in [-0.2, -0.15) is 0 Å². The third-order valence-corrected chi connectivity index (χ3v) is 0.451. The van der Waals surface area contributed by atoms with Crippen molar-refractivity contribution in [3.8, 4) is 0 Å². The zero-order valence-corrected chi connectivity index (χ0v) is 10.4. The maximum absolute atomic E-state index is 4.84. The Morgan fingerprint density at radius 3 is 1.54 bits per heavy atom. The molecule has 0 aliphatic rings. The second-order valence-corrected chi connectivity index (χ2v) is 3.44. The van der Waals surface area contributed by atoms with Gasteiger partial charge in [-0.25, -0.2) is 0 Å².